The zero-order valence-corrected chi connectivity index (χ0v) is 8.45. The highest BCUT2D eigenvalue weighted by molar-refractivity contribution is 5.84. The first-order valence-corrected chi connectivity index (χ1v) is 4.58. The van der Waals surface area contributed by atoms with Crippen LogP contribution in [0.5, 0.6) is 0 Å². The summed E-state index contributed by atoms with van der Waals surface area (Å²) in [6.45, 7) is 2.54. The van der Waals surface area contributed by atoms with Crippen LogP contribution < -0.4 is 5.90 Å². The molecule has 3 heteroatoms. The molecule has 74 valence electrons. The summed E-state index contributed by atoms with van der Waals surface area (Å²) in [6, 6.07) is 6.38. The zero-order chi connectivity index (χ0) is 10.1. The van der Waals surface area contributed by atoms with E-state index in [1.54, 1.807) is 0 Å². The summed E-state index contributed by atoms with van der Waals surface area (Å²) in [4.78, 5) is 4.68. The first kappa shape index (κ1) is 9.24. The van der Waals surface area contributed by atoms with Gasteiger partial charge in [-0.1, -0.05) is 11.6 Å². The van der Waals surface area contributed by atoms with Gasteiger partial charge in [-0.3, -0.25) is 4.84 Å². The molecular weight excluding hydrogens is 176 g/mol. The van der Waals surface area contributed by atoms with Crippen molar-refractivity contribution in [3.8, 4) is 0 Å². The molecule has 0 atom stereocenters. The molecule has 2 N–H and O–H groups in total. The van der Waals surface area contributed by atoms with Crippen LogP contribution in [0.25, 0.3) is 10.9 Å². The minimum absolute atomic E-state index is 0.459. The fourth-order valence-corrected chi connectivity index (χ4v) is 1.79. The molecule has 0 aliphatic rings. The van der Waals surface area contributed by atoms with Crippen LogP contribution in [0.15, 0.2) is 24.4 Å². The van der Waals surface area contributed by atoms with Crippen LogP contribution >= 0.6 is 0 Å². The van der Waals surface area contributed by atoms with Crippen molar-refractivity contribution in [2.45, 2.75) is 13.5 Å². The van der Waals surface area contributed by atoms with Crippen molar-refractivity contribution >= 4 is 10.9 Å². The van der Waals surface area contributed by atoms with Gasteiger partial charge in [0.15, 0.2) is 0 Å². The Morgan fingerprint density at radius 1 is 1.43 bits per heavy atom. The number of hydrogen-bond donors (Lipinski definition) is 1. The zero-order valence-electron chi connectivity index (χ0n) is 8.45. The van der Waals surface area contributed by atoms with Gasteiger partial charge in [-0.05, 0) is 19.1 Å². The fourth-order valence-electron chi connectivity index (χ4n) is 1.79. The molecule has 1 aromatic heterocycles. The van der Waals surface area contributed by atoms with Crippen molar-refractivity contribution in [2.24, 2.45) is 12.9 Å². The molecule has 14 heavy (non-hydrogen) atoms. The van der Waals surface area contributed by atoms with Gasteiger partial charge < -0.3 is 4.57 Å². The van der Waals surface area contributed by atoms with Gasteiger partial charge in [-0.15, -0.1) is 0 Å². The first-order chi connectivity index (χ1) is 6.72. The Kier molecular flexibility index (Phi) is 2.27. The molecule has 0 fully saturated rings. The summed E-state index contributed by atoms with van der Waals surface area (Å²) in [5.74, 6) is 5.09. The summed E-state index contributed by atoms with van der Waals surface area (Å²) in [6.07, 6.45) is 2.05. The third kappa shape index (κ3) is 1.41. The highest BCUT2D eigenvalue weighted by Gasteiger charge is 2.05. The standard InChI is InChI=1S/C11H14N2O/c1-8-3-4-11-10(5-8)9(7-14-12)6-13(11)2/h3-6H,7,12H2,1-2H3. The lowest BCUT2D eigenvalue weighted by molar-refractivity contribution is 0.125. The van der Waals surface area contributed by atoms with Crippen molar-refractivity contribution in [2.75, 3.05) is 0 Å². The SMILES string of the molecule is Cc1ccc2c(c1)c(CON)cn2C. The summed E-state index contributed by atoms with van der Waals surface area (Å²) in [5, 5.41) is 1.22. The normalized spacial score (nSPS) is 11.1. The van der Waals surface area contributed by atoms with E-state index in [2.05, 4.69) is 40.7 Å². The number of aryl methyl sites for hydroxylation is 2. The Hall–Kier alpha value is -1.32. The van der Waals surface area contributed by atoms with E-state index in [4.69, 9.17) is 5.90 Å². The molecule has 2 rings (SSSR count). The van der Waals surface area contributed by atoms with Crippen LogP contribution in [0.2, 0.25) is 0 Å². The van der Waals surface area contributed by atoms with E-state index in [9.17, 15) is 0 Å². The summed E-state index contributed by atoms with van der Waals surface area (Å²) < 4.78 is 2.09. The first-order valence-electron chi connectivity index (χ1n) is 4.58. The molecule has 0 unspecified atom stereocenters. The summed E-state index contributed by atoms with van der Waals surface area (Å²) in [7, 11) is 2.03. The monoisotopic (exact) mass is 190 g/mol. The average Bonchev–Trinajstić information content (AvgIpc) is 2.44. The molecule has 1 heterocycles. The molecule has 0 saturated carbocycles. The second-order valence-corrected chi connectivity index (χ2v) is 3.60. The molecule has 0 aliphatic heterocycles. The maximum atomic E-state index is 5.09. The number of rotatable bonds is 2. The number of aromatic nitrogens is 1. The quantitative estimate of drug-likeness (QED) is 0.734. The Morgan fingerprint density at radius 3 is 2.93 bits per heavy atom. The van der Waals surface area contributed by atoms with Crippen molar-refractivity contribution in [3.63, 3.8) is 0 Å². The predicted molar refractivity (Wildman–Crippen MR) is 56.6 cm³/mol. The summed E-state index contributed by atoms with van der Waals surface area (Å²) >= 11 is 0. The van der Waals surface area contributed by atoms with Gasteiger partial charge in [0, 0.05) is 29.7 Å². The van der Waals surface area contributed by atoms with Gasteiger partial charge in [0.2, 0.25) is 0 Å². The lowest BCUT2D eigenvalue weighted by Gasteiger charge is -1.98. The largest absolute Gasteiger partial charge is 0.350 e. The van der Waals surface area contributed by atoms with E-state index in [-0.39, 0.29) is 0 Å². The van der Waals surface area contributed by atoms with Crippen LogP contribution in [0.3, 0.4) is 0 Å². The molecule has 0 bridgehead atoms. The second-order valence-electron chi connectivity index (χ2n) is 3.60. The number of hydrogen-bond acceptors (Lipinski definition) is 2. The number of fused-ring (bicyclic) bond motifs is 1. The van der Waals surface area contributed by atoms with Gasteiger partial charge in [-0.25, -0.2) is 5.90 Å². The molecule has 2 aromatic rings. The molecule has 1 aromatic carbocycles. The third-order valence-corrected chi connectivity index (χ3v) is 2.47. The smallest absolute Gasteiger partial charge is 0.0950 e. The fraction of sp³-hybridized carbons (Fsp3) is 0.273. The number of benzene rings is 1. The Balaban J connectivity index is 2.66. The van der Waals surface area contributed by atoms with Crippen LogP contribution in [0.4, 0.5) is 0 Å². The maximum absolute atomic E-state index is 5.09. The third-order valence-electron chi connectivity index (χ3n) is 2.47. The molecule has 3 nitrogen and oxygen atoms in total. The minimum atomic E-state index is 0.459. The number of nitrogens with two attached hydrogens (primary N) is 1. The maximum Gasteiger partial charge on any atom is 0.0950 e. The van der Waals surface area contributed by atoms with Gasteiger partial charge >= 0.3 is 0 Å². The van der Waals surface area contributed by atoms with E-state index < -0.39 is 0 Å². The Morgan fingerprint density at radius 2 is 2.21 bits per heavy atom. The van der Waals surface area contributed by atoms with E-state index in [1.807, 2.05) is 7.05 Å². The van der Waals surface area contributed by atoms with E-state index >= 15 is 0 Å². The lowest BCUT2D eigenvalue weighted by atomic mass is 10.1. The van der Waals surface area contributed by atoms with Gasteiger partial charge in [0.05, 0.1) is 6.61 Å². The van der Waals surface area contributed by atoms with Crippen LogP contribution in [-0.4, -0.2) is 4.57 Å². The molecule has 0 radical (unpaired) electrons. The topological polar surface area (TPSA) is 40.2 Å². The Labute approximate surface area is 83.0 Å². The van der Waals surface area contributed by atoms with Gasteiger partial charge in [0.25, 0.3) is 0 Å². The molecule has 0 aliphatic carbocycles. The average molecular weight is 190 g/mol. The molecule has 0 saturated heterocycles. The highest BCUT2D eigenvalue weighted by Crippen LogP contribution is 2.22. The lowest BCUT2D eigenvalue weighted by Crippen LogP contribution is -1.97. The second kappa shape index (κ2) is 3.44. The molecular formula is C11H14N2O. The van der Waals surface area contributed by atoms with Crippen molar-refractivity contribution in [1.29, 1.82) is 0 Å². The van der Waals surface area contributed by atoms with E-state index in [0.29, 0.717) is 6.61 Å². The number of nitrogens with zero attached hydrogens (tertiary/aromatic N) is 1. The van der Waals surface area contributed by atoms with Crippen molar-refractivity contribution < 1.29 is 4.84 Å². The van der Waals surface area contributed by atoms with Crippen LogP contribution in [0.1, 0.15) is 11.1 Å². The Bertz CT molecular complexity index is 460. The minimum Gasteiger partial charge on any atom is -0.350 e. The van der Waals surface area contributed by atoms with E-state index in [1.165, 1.54) is 16.5 Å². The predicted octanol–water partition coefficient (Wildman–Crippen LogP) is 1.88. The van der Waals surface area contributed by atoms with Crippen LogP contribution in [-0.2, 0) is 18.5 Å². The van der Waals surface area contributed by atoms with Crippen LogP contribution in [0, 0.1) is 6.92 Å². The summed E-state index contributed by atoms with van der Waals surface area (Å²) in [5.41, 5.74) is 3.60. The van der Waals surface area contributed by atoms with E-state index in [0.717, 1.165) is 5.56 Å². The molecule has 0 spiro atoms. The highest BCUT2D eigenvalue weighted by atomic mass is 16.6. The van der Waals surface area contributed by atoms with Crippen molar-refractivity contribution in [1.82, 2.24) is 4.57 Å². The van der Waals surface area contributed by atoms with Gasteiger partial charge in [0.1, 0.15) is 0 Å². The van der Waals surface area contributed by atoms with Crippen molar-refractivity contribution in [3.05, 3.63) is 35.5 Å². The van der Waals surface area contributed by atoms with Gasteiger partial charge in [-0.2, -0.15) is 0 Å². The molecule has 0 amide bonds.